The number of anilines is 1. The summed E-state index contributed by atoms with van der Waals surface area (Å²) in [7, 11) is -3.28. The standard InChI is InChI=1S/C10H12N2O3S2/c13-5-1-2-9-6-11-10(16-9)12-17(14,15)7-8-3-4-8/h6,8,13H,3-5,7H2,(H,11,12). The van der Waals surface area contributed by atoms with E-state index >= 15 is 0 Å². The second-order valence-electron chi connectivity index (χ2n) is 3.82. The molecule has 1 saturated carbocycles. The third kappa shape index (κ3) is 4.00. The van der Waals surface area contributed by atoms with E-state index in [-0.39, 0.29) is 12.4 Å². The molecule has 1 aromatic rings. The summed E-state index contributed by atoms with van der Waals surface area (Å²) in [4.78, 5) is 4.55. The third-order valence-electron chi connectivity index (χ3n) is 2.19. The molecular formula is C10H12N2O3S2. The second-order valence-corrected chi connectivity index (χ2v) is 6.61. The average Bonchev–Trinajstić information content (AvgIpc) is 2.93. The Bertz CT molecular complexity index is 550. The quantitative estimate of drug-likeness (QED) is 0.788. The Kier molecular flexibility index (Phi) is 3.66. The number of aromatic nitrogens is 1. The van der Waals surface area contributed by atoms with Crippen LogP contribution in [-0.2, 0) is 10.0 Å². The molecule has 1 fully saturated rings. The van der Waals surface area contributed by atoms with Gasteiger partial charge in [-0.15, -0.1) is 0 Å². The minimum Gasteiger partial charge on any atom is -0.384 e. The first-order chi connectivity index (χ1) is 8.09. The predicted molar refractivity (Wildman–Crippen MR) is 66.2 cm³/mol. The molecule has 1 aromatic heterocycles. The van der Waals surface area contributed by atoms with E-state index in [2.05, 4.69) is 21.5 Å². The lowest BCUT2D eigenvalue weighted by molar-refractivity contribution is 0.350. The van der Waals surface area contributed by atoms with Gasteiger partial charge in [0.15, 0.2) is 5.13 Å². The highest BCUT2D eigenvalue weighted by Gasteiger charge is 2.28. The molecule has 7 heteroatoms. The van der Waals surface area contributed by atoms with E-state index in [1.54, 1.807) is 0 Å². The van der Waals surface area contributed by atoms with Gasteiger partial charge in [0.1, 0.15) is 6.61 Å². The van der Waals surface area contributed by atoms with Crippen molar-refractivity contribution >= 4 is 26.5 Å². The highest BCUT2D eigenvalue weighted by Crippen LogP contribution is 2.31. The van der Waals surface area contributed by atoms with Crippen LogP contribution in [0.4, 0.5) is 5.13 Å². The molecule has 0 unspecified atom stereocenters. The average molecular weight is 272 g/mol. The van der Waals surface area contributed by atoms with E-state index in [1.165, 1.54) is 6.20 Å². The Morgan fingerprint density at radius 1 is 1.59 bits per heavy atom. The number of nitrogens with zero attached hydrogens (tertiary/aromatic N) is 1. The Hall–Kier alpha value is -1.10. The van der Waals surface area contributed by atoms with Gasteiger partial charge in [0.25, 0.3) is 0 Å². The molecular weight excluding hydrogens is 260 g/mol. The SMILES string of the molecule is O=S(=O)(CC1CC1)Nc1ncc(C#CCO)s1. The first kappa shape index (κ1) is 12.4. The molecule has 0 aromatic carbocycles. The van der Waals surface area contributed by atoms with Crippen molar-refractivity contribution in [2.45, 2.75) is 12.8 Å². The molecule has 0 atom stereocenters. The van der Waals surface area contributed by atoms with E-state index in [0.717, 1.165) is 24.2 Å². The maximum Gasteiger partial charge on any atom is 0.234 e. The van der Waals surface area contributed by atoms with Crippen molar-refractivity contribution in [3.8, 4) is 11.8 Å². The predicted octanol–water partition coefficient (Wildman–Crippen LogP) is 0.639. The Morgan fingerprint density at radius 2 is 2.35 bits per heavy atom. The van der Waals surface area contributed by atoms with Crippen LogP contribution in [0.3, 0.4) is 0 Å². The van der Waals surface area contributed by atoms with Gasteiger partial charge in [-0.3, -0.25) is 4.72 Å². The Labute approximate surface area is 104 Å². The van der Waals surface area contributed by atoms with Gasteiger partial charge in [-0.2, -0.15) is 0 Å². The molecule has 1 aliphatic rings. The smallest absolute Gasteiger partial charge is 0.234 e. The zero-order valence-corrected chi connectivity index (χ0v) is 10.6. The summed E-state index contributed by atoms with van der Waals surface area (Å²) in [5.41, 5.74) is 0. The van der Waals surface area contributed by atoms with Crippen molar-refractivity contribution in [2.24, 2.45) is 5.92 Å². The van der Waals surface area contributed by atoms with E-state index < -0.39 is 10.0 Å². The second kappa shape index (κ2) is 5.04. The molecule has 92 valence electrons. The van der Waals surface area contributed by atoms with Crippen molar-refractivity contribution in [3.63, 3.8) is 0 Å². The monoisotopic (exact) mass is 272 g/mol. The van der Waals surface area contributed by atoms with Crippen molar-refractivity contribution in [1.29, 1.82) is 0 Å². The first-order valence-corrected chi connectivity index (χ1v) is 7.62. The summed E-state index contributed by atoms with van der Waals surface area (Å²) in [5.74, 6) is 5.63. The van der Waals surface area contributed by atoms with Crippen LogP contribution in [0.25, 0.3) is 0 Å². The molecule has 2 N–H and O–H groups in total. The van der Waals surface area contributed by atoms with Crippen molar-refractivity contribution in [3.05, 3.63) is 11.1 Å². The van der Waals surface area contributed by atoms with Gasteiger partial charge in [0.2, 0.25) is 10.0 Å². The number of rotatable bonds is 4. The lowest BCUT2D eigenvalue weighted by atomic mass is 10.5. The molecule has 0 spiro atoms. The van der Waals surface area contributed by atoms with Gasteiger partial charge in [-0.25, -0.2) is 13.4 Å². The number of aliphatic hydroxyl groups excluding tert-OH is 1. The summed E-state index contributed by atoms with van der Waals surface area (Å²) in [6.45, 7) is -0.222. The van der Waals surface area contributed by atoms with Gasteiger partial charge in [-0.05, 0) is 18.8 Å². The highest BCUT2D eigenvalue weighted by molar-refractivity contribution is 7.92. The van der Waals surface area contributed by atoms with E-state index in [0.29, 0.717) is 15.9 Å². The summed E-state index contributed by atoms with van der Waals surface area (Å²) in [5, 5.41) is 8.85. The summed E-state index contributed by atoms with van der Waals surface area (Å²) in [6, 6.07) is 0. The molecule has 1 heterocycles. The lowest BCUT2D eigenvalue weighted by Gasteiger charge is -2.02. The normalized spacial score (nSPS) is 15.1. The molecule has 0 saturated heterocycles. The number of hydrogen-bond donors (Lipinski definition) is 2. The van der Waals surface area contributed by atoms with Crippen molar-refractivity contribution < 1.29 is 13.5 Å². The van der Waals surface area contributed by atoms with Crippen LogP contribution < -0.4 is 4.72 Å². The van der Waals surface area contributed by atoms with Crippen molar-refractivity contribution in [2.75, 3.05) is 17.1 Å². The van der Waals surface area contributed by atoms with Crippen LogP contribution in [0.15, 0.2) is 6.20 Å². The minimum atomic E-state index is -3.28. The summed E-state index contributed by atoms with van der Waals surface area (Å²) in [6.07, 6.45) is 3.47. The fourth-order valence-electron chi connectivity index (χ4n) is 1.28. The van der Waals surface area contributed by atoms with Crippen LogP contribution in [0.5, 0.6) is 0 Å². The number of sulfonamides is 1. The number of nitrogens with one attached hydrogen (secondary N) is 1. The number of aliphatic hydroxyl groups is 1. The molecule has 17 heavy (non-hydrogen) atoms. The topological polar surface area (TPSA) is 79.3 Å². The molecule has 0 bridgehead atoms. The zero-order valence-electron chi connectivity index (χ0n) is 9.01. The zero-order chi connectivity index (χ0) is 12.3. The number of hydrogen-bond acceptors (Lipinski definition) is 5. The van der Waals surface area contributed by atoms with Gasteiger partial charge in [0, 0.05) is 0 Å². The minimum absolute atomic E-state index is 0.171. The summed E-state index contributed by atoms with van der Waals surface area (Å²) < 4.78 is 25.7. The van der Waals surface area contributed by atoms with Gasteiger partial charge < -0.3 is 5.11 Å². The fraction of sp³-hybridized carbons (Fsp3) is 0.500. The summed E-state index contributed by atoms with van der Waals surface area (Å²) >= 11 is 1.16. The van der Waals surface area contributed by atoms with Crippen LogP contribution in [0, 0.1) is 17.8 Å². The molecule has 0 aliphatic heterocycles. The molecule has 1 aliphatic carbocycles. The maximum atomic E-state index is 11.7. The van der Waals surface area contributed by atoms with Crippen molar-refractivity contribution in [1.82, 2.24) is 4.98 Å². The highest BCUT2D eigenvalue weighted by atomic mass is 32.2. The molecule has 0 amide bonds. The molecule has 0 radical (unpaired) electrons. The molecule has 5 nitrogen and oxygen atoms in total. The largest absolute Gasteiger partial charge is 0.384 e. The van der Waals surface area contributed by atoms with Crippen LogP contribution in [0.1, 0.15) is 17.7 Å². The Morgan fingerprint density at radius 3 is 3.00 bits per heavy atom. The van der Waals surface area contributed by atoms with E-state index in [1.807, 2.05) is 0 Å². The van der Waals surface area contributed by atoms with Gasteiger partial charge in [-0.1, -0.05) is 23.2 Å². The van der Waals surface area contributed by atoms with Crippen LogP contribution in [-0.4, -0.2) is 30.9 Å². The van der Waals surface area contributed by atoms with Gasteiger partial charge >= 0.3 is 0 Å². The van der Waals surface area contributed by atoms with Crippen LogP contribution >= 0.6 is 11.3 Å². The maximum absolute atomic E-state index is 11.7. The van der Waals surface area contributed by atoms with Gasteiger partial charge in [0.05, 0.1) is 16.8 Å². The number of thiazole rings is 1. The van der Waals surface area contributed by atoms with Crippen LogP contribution in [0.2, 0.25) is 0 Å². The molecule has 2 rings (SSSR count). The fourth-order valence-corrected chi connectivity index (χ4v) is 3.72. The first-order valence-electron chi connectivity index (χ1n) is 5.15. The van der Waals surface area contributed by atoms with E-state index in [9.17, 15) is 8.42 Å². The third-order valence-corrected chi connectivity index (χ3v) is 4.56. The van der Waals surface area contributed by atoms with E-state index in [4.69, 9.17) is 5.11 Å². The Balaban J connectivity index is 2.00. The lowest BCUT2D eigenvalue weighted by Crippen LogP contribution is -2.17.